The summed E-state index contributed by atoms with van der Waals surface area (Å²) in [4.78, 5) is 5.10. The monoisotopic (exact) mass is 442 g/mol. The van der Waals surface area contributed by atoms with Crippen molar-refractivity contribution < 1.29 is 5.11 Å². The largest absolute Gasteiger partial charge is 0.395 e. The summed E-state index contributed by atoms with van der Waals surface area (Å²) in [5.41, 5.74) is 4.26. The van der Waals surface area contributed by atoms with Crippen molar-refractivity contribution in [2.75, 3.05) is 24.6 Å². The summed E-state index contributed by atoms with van der Waals surface area (Å²) in [7, 11) is 0. The van der Waals surface area contributed by atoms with E-state index in [-0.39, 0.29) is 6.61 Å². The molecule has 5 rings (SSSR count). The van der Waals surface area contributed by atoms with Gasteiger partial charge in [0.1, 0.15) is 0 Å². The van der Waals surface area contributed by atoms with Gasteiger partial charge in [-0.3, -0.25) is 4.90 Å². The molecule has 1 heterocycles. The van der Waals surface area contributed by atoms with Gasteiger partial charge in [0.05, 0.1) is 6.61 Å². The average Bonchev–Trinajstić information content (AvgIpc) is 3.32. The Labute approximate surface area is 199 Å². The minimum atomic E-state index is 0.284. The molecule has 0 spiro atoms. The molecule has 3 aromatic carbocycles. The SMILES string of the molecule is CCN(c1cccc2ccccc12)C1CCCC(c2ccc(CN3CCCC3CO)cc2)C1. The minimum absolute atomic E-state index is 0.284. The highest BCUT2D eigenvalue weighted by Gasteiger charge is 2.28. The van der Waals surface area contributed by atoms with Crippen LogP contribution in [0.2, 0.25) is 0 Å². The summed E-state index contributed by atoms with van der Waals surface area (Å²) in [6.07, 6.45) is 7.43. The van der Waals surface area contributed by atoms with E-state index in [0.29, 0.717) is 18.0 Å². The second-order valence-electron chi connectivity index (χ2n) is 9.99. The summed E-state index contributed by atoms with van der Waals surface area (Å²) in [5.74, 6) is 0.638. The summed E-state index contributed by atoms with van der Waals surface area (Å²) in [5, 5.41) is 12.3. The molecular weight excluding hydrogens is 404 g/mol. The third-order valence-corrected chi connectivity index (χ3v) is 8.05. The molecule has 0 bridgehead atoms. The minimum Gasteiger partial charge on any atom is -0.395 e. The lowest BCUT2D eigenvalue weighted by Gasteiger charge is -2.39. The molecule has 1 N–H and O–H groups in total. The van der Waals surface area contributed by atoms with Crippen LogP contribution in [0.5, 0.6) is 0 Å². The number of benzene rings is 3. The summed E-state index contributed by atoms with van der Waals surface area (Å²) in [6.45, 7) is 5.71. The first-order valence-electron chi connectivity index (χ1n) is 12.9. The molecule has 3 heteroatoms. The van der Waals surface area contributed by atoms with Crippen molar-refractivity contribution in [1.82, 2.24) is 4.90 Å². The highest BCUT2D eigenvalue weighted by atomic mass is 16.3. The van der Waals surface area contributed by atoms with Crippen molar-refractivity contribution >= 4 is 16.5 Å². The summed E-state index contributed by atoms with van der Waals surface area (Å²) in [6, 6.07) is 25.9. The highest BCUT2D eigenvalue weighted by molar-refractivity contribution is 5.94. The maximum atomic E-state index is 9.61. The number of likely N-dealkylation sites (tertiary alicyclic amines) is 1. The van der Waals surface area contributed by atoms with Crippen molar-refractivity contribution in [2.45, 2.75) is 70.0 Å². The quantitative estimate of drug-likeness (QED) is 0.462. The van der Waals surface area contributed by atoms with E-state index in [4.69, 9.17) is 0 Å². The Bertz CT molecular complexity index is 1040. The third-order valence-electron chi connectivity index (χ3n) is 8.05. The second kappa shape index (κ2) is 10.3. The van der Waals surface area contributed by atoms with Crippen molar-refractivity contribution in [2.24, 2.45) is 0 Å². The summed E-state index contributed by atoms with van der Waals surface area (Å²) < 4.78 is 0. The zero-order chi connectivity index (χ0) is 22.6. The van der Waals surface area contributed by atoms with Gasteiger partial charge in [-0.1, -0.05) is 67.1 Å². The van der Waals surface area contributed by atoms with Crippen LogP contribution >= 0.6 is 0 Å². The lowest BCUT2D eigenvalue weighted by atomic mass is 9.80. The molecule has 3 nitrogen and oxygen atoms in total. The topological polar surface area (TPSA) is 26.7 Å². The molecule has 3 atom stereocenters. The van der Waals surface area contributed by atoms with Crippen LogP contribution in [-0.4, -0.2) is 41.8 Å². The van der Waals surface area contributed by atoms with Crippen LogP contribution in [0.3, 0.4) is 0 Å². The average molecular weight is 443 g/mol. The van der Waals surface area contributed by atoms with E-state index in [0.717, 1.165) is 26.1 Å². The molecule has 1 aliphatic carbocycles. The van der Waals surface area contributed by atoms with Gasteiger partial charge >= 0.3 is 0 Å². The first-order valence-corrected chi connectivity index (χ1v) is 12.9. The van der Waals surface area contributed by atoms with E-state index in [1.54, 1.807) is 0 Å². The normalized spacial score (nSPS) is 23.8. The molecule has 1 aliphatic heterocycles. The van der Waals surface area contributed by atoms with Crippen LogP contribution in [0.25, 0.3) is 10.8 Å². The molecule has 174 valence electrons. The molecule has 33 heavy (non-hydrogen) atoms. The highest BCUT2D eigenvalue weighted by Crippen LogP contribution is 2.38. The maximum absolute atomic E-state index is 9.61. The van der Waals surface area contributed by atoms with E-state index in [2.05, 4.69) is 83.5 Å². The van der Waals surface area contributed by atoms with Crippen LogP contribution in [0, 0.1) is 0 Å². The molecule has 1 saturated carbocycles. The van der Waals surface area contributed by atoms with Crippen molar-refractivity contribution in [3.63, 3.8) is 0 Å². The van der Waals surface area contributed by atoms with Crippen LogP contribution < -0.4 is 4.90 Å². The second-order valence-corrected chi connectivity index (χ2v) is 9.99. The Morgan fingerprint density at radius 1 is 0.909 bits per heavy atom. The Balaban J connectivity index is 1.30. The van der Waals surface area contributed by atoms with Gasteiger partial charge in [0.15, 0.2) is 0 Å². The van der Waals surface area contributed by atoms with Crippen molar-refractivity contribution in [3.05, 3.63) is 77.9 Å². The lowest BCUT2D eigenvalue weighted by molar-refractivity contribution is 0.153. The number of anilines is 1. The van der Waals surface area contributed by atoms with E-state index in [1.165, 1.54) is 59.7 Å². The van der Waals surface area contributed by atoms with Crippen LogP contribution in [0.1, 0.15) is 62.5 Å². The first kappa shape index (κ1) is 22.4. The van der Waals surface area contributed by atoms with Gasteiger partial charge in [0, 0.05) is 36.2 Å². The molecule has 0 radical (unpaired) electrons. The fourth-order valence-electron chi connectivity index (χ4n) is 6.27. The number of aliphatic hydroxyl groups is 1. The Morgan fingerprint density at radius 3 is 2.55 bits per heavy atom. The van der Waals surface area contributed by atoms with Crippen molar-refractivity contribution in [1.29, 1.82) is 0 Å². The Morgan fingerprint density at radius 2 is 1.73 bits per heavy atom. The number of nitrogens with zero attached hydrogens (tertiary/aromatic N) is 2. The molecule has 0 amide bonds. The van der Waals surface area contributed by atoms with Gasteiger partial charge in [0.2, 0.25) is 0 Å². The Hall–Kier alpha value is -2.36. The molecule has 2 fully saturated rings. The van der Waals surface area contributed by atoms with Crippen LogP contribution in [-0.2, 0) is 6.54 Å². The van der Waals surface area contributed by atoms with Crippen molar-refractivity contribution in [3.8, 4) is 0 Å². The summed E-state index contributed by atoms with van der Waals surface area (Å²) >= 11 is 0. The predicted molar refractivity (Wildman–Crippen MR) is 139 cm³/mol. The fourth-order valence-corrected chi connectivity index (χ4v) is 6.27. The first-order chi connectivity index (χ1) is 16.3. The molecule has 3 aromatic rings. The van der Waals surface area contributed by atoms with Crippen LogP contribution in [0.15, 0.2) is 66.7 Å². The standard InChI is InChI=1S/C30H38N2O/c1-2-32(30-14-6-9-25-8-3-4-13-29(25)30)27-11-5-10-26(20-27)24-17-15-23(16-18-24)21-31-19-7-12-28(31)22-33/h3-4,6,8-9,13-18,26-28,33H,2,5,7,10-12,19-22H2,1H3. The number of hydrogen-bond acceptors (Lipinski definition) is 3. The fraction of sp³-hybridized carbons (Fsp3) is 0.467. The zero-order valence-electron chi connectivity index (χ0n) is 20.0. The Kier molecular flexibility index (Phi) is 6.99. The molecular formula is C30H38N2O. The van der Waals surface area contributed by atoms with Crippen LogP contribution in [0.4, 0.5) is 5.69 Å². The van der Waals surface area contributed by atoms with E-state index < -0.39 is 0 Å². The predicted octanol–water partition coefficient (Wildman–Crippen LogP) is 6.35. The van der Waals surface area contributed by atoms with Gasteiger partial charge in [-0.2, -0.15) is 0 Å². The van der Waals surface area contributed by atoms with E-state index in [1.807, 2.05) is 0 Å². The number of fused-ring (bicyclic) bond motifs is 1. The number of hydrogen-bond donors (Lipinski definition) is 1. The molecule has 2 aliphatic rings. The number of rotatable bonds is 7. The maximum Gasteiger partial charge on any atom is 0.0587 e. The number of aliphatic hydroxyl groups excluding tert-OH is 1. The molecule has 3 unspecified atom stereocenters. The zero-order valence-corrected chi connectivity index (χ0v) is 20.0. The molecule has 1 saturated heterocycles. The van der Waals surface area contributed by atoms with Gasteiger partial charge in [-0.15, -0.1) is 0 Å². The van der Waals surface area contributed by atoms with E-state index in [9.17, 15) is 5.11 Å². The van der Waals surface area contributed by atoms with E-state index >= 15 is 0 Å². The van der Waals surface area contributed by atoms with Gasteiger partial charge < -0.3 is 10.0 Å². The van der Waals surface area contributed by atoms with Gasteiger partial charge in [0.25, 0.3) is 0 Å². The van der Waals surface area contributed by atoms with Gasteiger partial charge in [-0.05, 0) is 74.1 Å². The lowest BCUT2D eigenvalue weighted by Crippen LogP contribution is -2.38. The third kappa shape index (κ3) is 4.81. The molecule has 0 aromatic heterocycles. The smallest absolute Gasteiger partial charge is 0.0587 e. The van der Waals surface area contributed by atoms with Gasteiger partial charge in [-0.25, -0.2) is 0 Å².